The Kier molecular flexibility index (Phi) is 4.32. The summed E-state index contributed by atoms with van der Waals surface area (Å²) in [5.74, 6) is -0.598. The van der Waals surface area contributed by atoms with Gasteiger partial charge in [-0.3, -0.25) is 9.48 Å². The third-order valence-corrected chi connectivity index (χ3v) is 3.89. The van der Waals surface area contributed by atoms with Crippen molar-refractivity contribution >= 4 is 23.3 Å². The van der Waals surface area contributed by atoms with Crippen LogP contribution in [0.15, 0.2) is 30.7 Å². The zero-order chi connectivity index (χ0) is 17.1. The molecular weight excluding hydrogens is 310 g/mol. The number of aryl methyl sites for hydroxylation is 1. The second kappa shape index (κ2) is 6.57. The topological polar surface area (TPSA) is 109 Å². The first-order valence-electron chi connectivity index (χ1n) is 7.58. The number of nitrogens with zero attached hydrogens (tertiary/aromatic N) is 5. The number of amides is 3. The zero-order valence-electron chi connectivity index (χ0n) is 13.3. The smallest absolute Gasteiger partial charge is 0.322 e. The fraction of sp³-hybridized carbons (Fsp3) is 0.333. The summed E-state index contributed by atoms with van der Waals surface area (Å²) < 4.78 is 1.76. The van der Waals surface area contributed by atoms with E-state index in [1.807, 2.05) is 19.4 Å². The van der Waals surface area contributed by atoms with E-state index in [-0.39, 0.29) is 11.7 Å². The van der Waals surface area contributed by atoms with Crippen LogP contribution in [0.1, 0.15) is 10.5 Å². The second-order valence-corrected chi connectivity index (χ2v) is 5.57. The summed E-state index contributed by atoms with van der Waals surface area (Å²) in [6.07, 6.45) is 5.20. The quantitative estimate of drug-likeness (QED) is 0.840. The van der Waals surface area contributed by atoms with Crippen molar-refractivity contribution in [1.82, 2.24) is 19.7 Å². The number of carbonyl (C=O) groups excluding carboxylic acids is 2. The van der Waals surface area contributed by atoms with E-state index in [9.17, 15) is 9.59 Å². The number of urea groups is 1. The van der Waals surface area contributed by atoms with Crippen LogP contribution in [0, 0.1) is 0 Å². The highest BCUT2D eigenvalue weighted by molar-refractivity contribution is 5.92. The molecule has 0 aromatic carbocycles. The van der Waals surface area contributed by atoms with Gasteiger partial charge in [-0.25, -0.2) is 9.78 Å². The standard InChI is InChI=1S/C15H19N7O2/c1-20-10-12(9-18-20)21-4-6-22(7-5-21)15(24)19-11-2-3-13(14(16)23)17-8-11/h2-3,8-10H,4-7H2,1H3,(H2,16,23)(H,19,24). The van der Waals surface area contributed by atoms with E-state index in [0.717, 1.165) is 18.8 Å². The van der Waals surface area contributed by atoms with Gasteiger partial charge in [0.1, 0.15) is 5.69 Å². The van der Waals surface area contributed by atoms with Crippen molar-refractivity contribution in [3.05, 3.63) is 36.4 Å². The lowest BCUT2D eigenvalue weighted by Gasteiger charge is -2.35. The summed E-state index contributed by atoms with van der Waals surface area (Å²) in [6.45, 7) is 2.73. The van der Waals surface area contributed by atoms with E-state index in [1.54, 1.807) is 15.6 Å². The molecule has 3 amide bonds. The molecule has 0 radical (unpaired) electrons. The average molecular weight is 329 g/mol. The Hall–Kier alpha value is -3.10. The summed E-state index contributed by atoms with van der Waals surface area (Å²) in [5.41, 5.74) is 6.89. The van der Waals surface area contributed by atoms with Gasteiger partial charge in [0.05, 0.1) is 23.8 Å². The normalized spacial score (nSPS) is 14.5. The van der Waals surface area contributed by atoms with Crippen LogP contribution in [-0.4, -0.2) is 57.8 Å². The third kappa shape index (κ3) is 3.45. The molecule has 0 unspecified atom stereocenters. The number of nitrogens with two attached hydrogens (primary N) is 1. The lowest BCUT2D eigenvalue weighted by Crippen LogP contribution is -2.50. The SMILES string of the molecule is Cn1cc(N2CCN(C(=O)Nc3ccc(C(N)=O)nc3)CC2)cn1. The number of aromatic nitrogens is 3. The van der Waals surface area contributed by atoms with Gasteiger partial charge in [-0.2, -0.15) is 5.10 Å². The summed E-state index contributed by atoms with van der Waals surface area (Å²) in [7, 11) is 1.88. The first kappa shape index (κ1) is 15.8. The summed E-state index contributed by atoms with van der Waals surface area (Å²) in [6, 6.07) is 2.91. The summed E-state index contributed by atoms with van der Waals surface area (Å²) >= 11 is 0. The predicted molar refractivity (Wildman–Crippen MR) is 88.8 cm³/mol. The van der Waals surface area contributed by atoms with E-state index in [0.29, 0.717) is 18.8 Å². The van der Waals surface area contributed by atoms with Crippen molar-refractivity contribution in [2.24, 2.45) is 12.8 Å². The molecule has 1 fully saturated rings. The minimum absolute atomic E-state index is 0.165. The average Bonchev–Trinajstić information content (AvgIpc) is 3.02. The minimum atomic E-state index is -0.598. The number of rotatable bonds is 3. The molecule has 2 aromatic rings. The molecule has 0 atom stereocenters. The highest BCUT2D eigenvalue weighted by Gasteiger charge is 2.22. The van der Waals surface area contributed by atoms with Crippen LogP contribution in [-0.2, 0) is 7.05 Å². The summed E-state index contributed by atoms with van der Waals surface area (Å²) in [5, 5.41) is 6.94. The van der Waals surface area contributed by atoms with Crippen LogP contribution < -0.4 is 16.0 Å². The molecule has 0 aliphatic carbocycles. The van der Waals surface area contributed by atoms with Gasteiger partial charge in [0.2, 0.25) is 0 Å². The van der Waals surface area contributed by atoms with Gasteiger partial charge in [-0.15, -0.1) is 0 Å². The van der Waals surface area contributed by atoms with Gasteiger partial charge in [0.15, 0.2) is 0 Å². The fourth-order valence-electron chi connectivity index (χ4n) is 2.56. The molecule has 0 saturated carbocycles. The number of anilines is 2. The lowest BCUT2D eigenvalue weighted by atomic mass is 10.3. The predicted octanol–water partition coefficient (Wildman–Crippen LogP) is 0.268. The molecule has 24 heavy (non-hydrogen) atoms. The van der Waals surface area contributed by atoms with Crippen molar-refractivity contribution in [2.45, 2.75) is 0 Å². The molecule has 9 heteroatoms. The van der Waals surface area contributed by atoms with Crippen LogP contribution >= 0.6 is 0 Å². The van der Waals surface area contributed by atoms with Crippen molar-refractivity contribution in [2.75, 3.05) is 36.4 Å². The molecule has 3 rings (SSSR count). The Morgan fingerprint density at radius 2 is 1.92 bits per heavy atom. The van der Waals surface area contributed by atoms with Crippen molar-refractivity contribution in [3.8, 4) is 0 Å². The van der Waals surface area contributed by atoms with Gasteiger partial charge in [-0.05, 0) is 12.1 Å². The number of nitrogens with one attached hydrogen (secondary N) is 1. The molecule has 0 bridgehead atoms. The molecule has 3 N–H and O–H groups in total. The second-order valence-electron chi connectivity index (χ2n) is 5.57. The van der Waals surface area contributed by atoms with Gasteiger partial charge < -0.3 is 20.9 Å². The van der Waals surface area contributed by atoms with Gasteiger partial charge in [0, 0.05) is 39.4 Å². The maximum atomic E-state index is 12.3. The van der Waals surface area contributed by atoms with E-state index in [2.05, 4.69) is 20.3 Å². The largest absolute Gasteiger partial charge is 0.365 e. The number of piperazine rings is 1. The Morgan fingerprint density at radius 3 is 2.46 bits per heavy atom. The minimum Gasteiger partial charge on any atom is -0.365 e. The van der Waals surface area contributed by atoms with Crippen LogP contribution in [0.2, 0.25) is 0 Å². The van der Waals surface area contributed by atoms with Crippen molar-refractivity contribution < 1.29 is 9.59 Å². The Labute approximate surface area is 139 Å². The zero-order valence-corrected chi connectivity index (χ0v) is 13.3. The Bertz CT molecular complexity index is 733. The number of hydrogen-bond acceptors (Lipinski definition) is 5. The maximum Gasteiger partial charge on any atom is 0.322 e. The van der Waals surface area contributed by atoms with Gasteiger partial charge in [-0.1, -0.05) is 0 Å². The molecule has 2 aromatic heterocycles. The molecule has 1 aliphatic heterocycles. The number of carbonyl (C=O) groups is 2. The first-order valence-corrected chi connectivity index (χ1v) is 7.58. The molecule has 1 saturated heterocycles. The third-order valence-electron chi connectivity index (χ3n) is 3.89. The molecule has 126 valence electrons. The van der Waals surface area contributed by atoms with E-state index >= 15 is 0 Å². The fourth-order valence-corrected chi connectivity index (χ4v) is 2.56. The Morgan fingerprint density at radius 1 is 1.17 bits per heavy atom. The van der Waals surface area contributed by atoms with Crippen LogP contribution in [0.25, 0.3) is 0 Å². The van der Waals surface area contributed by atoms with Gasteiger partial charge in [0.25, 0.3) is 5.91 Å². The molecule has 0 spiro atoms. The molecule has 1 aliphatic rings. The molecule has 9 nitrogen and oxygen atoms in total. The molecule has 3 heterocycles. The maximum absolute atomic E-state index is 12.3. The van der Waals surface area contributed by atoms with E-state index in [4.69, 9.17) is 5.73 Å². The molecular formula is C15H19N7O2. The van der Waals surface area contributed by atoms with Crippen LogP contribution in [0.5, 0.6) is 0 Å². The van der Waals surface area contributed by atoms with E-state index < -0.39 is 5.91 Å². The number of pyridine rings is 1. The van der Waals surface area contributed by atoms with Crippen LogP contribution in [0.4, 0.5) is 16.2 Å². The highest BCUT2D eigenvalue weighted by Crippen LogP contribution is 2.15. The number of hydrogen-bond donors (Lipinski definition) is 2. The summed E-state index contributed by atoms with van der Waals surface area (Å²) in [4.78, 5) is 31.1. The van der Waals surface area contributed by atoms with Crippen molar-refractivity contribution in [1.29, 1.82) is 0 Å². The number of primary amides is 1. The van der Waals surface area contributed by atoms with E-state index in [1.165, 1.54) is 12.3 Å². The Balaban J connectivity index is 1.54. The van der Waals surface area contributed by atoms with Crippen LogP contribution in [0.3, 0.4) is 0 Å². The first-order chi connectivity index (χ1) is 11.5. The van der Waals surface area contributed by atoms with Gasteiger partial charge >= 0.3 is 6.03 Å². The monoisotopic (exact) mass is 329 g/mol. The lowest BCUT2D eigenvalue weighted by molar-refractivity contribution is 0.0995. The van der Waals surface area contributed by atoms with Crippen molar-refractivity contribution in [3.63, 3.8) is 0 Å². The highest BCUT2D eigenvalue weighted by atomic mass is 16.2.